The lowest BCUT2D eigenvalue weighted by molar-refractivity contribution is 0.295. The number of aryl methyl sites for hydroxylation is 1. The van der Waals surface area contributed by atoms with Crippen LogP contribution in [-0.2, 0) is 6.54 Å². The van der Waals surface area contributed by atoms with Gasteiger partial charge in [-0.3, -0.25) is 0 Å². The van der Waals surface area contributed by atoms with Gasteiger partial charge in [0.15, 0.2) is 0 Å². The Morgan fingerprint density at radius 3 is 2.86 bits per heavy atom. The van der Waals surface area contributed by atoms with E-state index in [-0.39, 0.29) is 11.7 Å². The van der Waals surface area contributed by atoms with Gasteiger partial charge in [-0.15, -0.1) is 0 Å². The zero-order valence-electron chi connectivity index (χ0n) is 12.8. The zero-order valence-corrected chi connectivity index (χ0v) is 12.8. The van der Waals surface area contributed by atoms with Crippen LogP contribution < -0.4 is 0 Å². The molecule has 0 saturated carbocycles. The average molecular weight is 295 g/mol. The Morgan fingerprint density at radius 2 is 2.05 bits per heavy atom. The molecular weight excluding hydrogens is 277 g/mol. The summed E-state index contributed by atoms with van der Waals surface area (Å²) in [4.78, 5) is 2.31. The molecule has 1 unspecified atom stereocenters. The molecule has 1 atom stereocenters. The Hall–Kier alpha value is -2.13. The van der Waals surface area contributed by atoms with Gasteiger partial charge in [0.1, 0.15) is 11.4 Å². The van der Waals surface area contributed by atoms with Crippen LogP contribution in [0.3, 0.4) is 0 Å². The number of rotatable bonds is 1. The second-order valence-corrected chi connectivity index (χ2v) is 6.27. The molecule has 112 valence electrons. The summed E-state index contributed by atoms with van der Waals surface area (Å²) < 4.78 is 19.1. The van der Waals surface area contributed by atoms with Crippen LogP contribution in [0.25, 0.3) is 11.0 Å². The molecule has 2 heterocycles. The predicted molar refractivity (Wildman–Crippen MR) is 85.5 cm³/mol. The molecule has 2 aromatic carbocycles. The van der Waals surface area contributed by atoms with Crippen molar-refractivity contribution in [2.24, 2.45) is 0 Å². The van der Waals surface area contributed by atoms with Crippen molar-refractivity contribution in [2.45, 2.75) is 19.4 Å². The molecule has 0 N–H and O–H groups in total. The van der Waals surface area contributed by atoms with Crippen molar-refractivity contribution in [2.75, 3.05) is 13.6 Å². The lowest BCUT2D eigenvalue weighted by atomic mass is 9.83. The molecule has 0 radical (unpaired) electrons. The molecule has 1 aliphatic rings. The van der Waals surface area contributed by atoms with E-state index in [9.17, 15) is 4.39 Å². The Morgan fingerprint density at radius 1 is 1.18 bits per heavy atom. The van der Waals surface area contributed by atoms with E-state index in [0.29, 0.717) is 5.56 Å². The lowest BCUT2D eigenvalue weighted by Crippen LogP contribution is -2.31. The fourth-order valence-electron chi connectivity index (χ4n) is 3.47. The van der Waals surface area contributed by atoms with E-state index in [1.165, 1.54) is 16.7 Å². The first-order chi connectivity index (χ1) is 10.6. The van der Waals surface area contributed by atoms with Crippen molar-refractivity contribution in [1.29, 1.82) is 0 Å². The molecule has 2 nitrogen and oxygen atoms in total. The first-order valence-corrected chi connectivity index (χ1v) is 7.56. The van der Waals surface area contributed by atoms with E-state index in [4.69, 9.17) is 4.42 Å². The summed E-state index contributed by atoms with van der Waals surface area (Å²) in [5.41, 5.74) is 5.44. The van der Waals surface area contributed by atoms with E-state index in [1.807, 2.05) is 25.1 Å². The maximum atomic E-state index is 13.6. The Balaban J connectivity index is 1.88. The molecule has 1 aliphatic heterocycles. The highest BCUT2D eigenvalue weighted by Gasteiger charge is 2.26. The topological polar surface area (TPSA) is 16.4 Å². The fourth-order valence-corrected chi connectivity index (χ4v) is 3.47. The number of fused-ring (bicyclic) bond motifs is 2. The second kappa shape index (κ2) is 4.96. The summed E-state index contributed by atoms with van der Waals surface area (Å²) in [5, 5.41) is 1.13. The van der Waals surface area contributed by atoms with Gasteiger partial charge in [-0.2, -0.15) is 0 Å². The van der Waals surface area contributed by atoms with Crippen LogP contribution in [0.2, 0.25) is 0 Å². The molecule has 0 spiro atoms. The van der Waals surface area contributed by atoms with Crippen LogP contribution in [0, 0.1) is 12.7 Å². The minimum Gasteiger partial charge on any atom is -0.464 e. The van der Waals surface area contributed by atoms with Gasteiger partial charge in [0.2, 0.25) is 0 Å². The summed E-state index contributed by atoms with van der Waals surface area (Å²) in [5.74, 6) is 0.130. The largest absolute Gasteiger partial charge is 0.464 e. The SMILES string of the molecule is Cc1cc(C2CN(C)Cc3cc4occc4cc32)ccc1F. The van der Waals surface area contributed by atoms with Crippen molar-refractivity contribution < 1.29 is 8.81 Å². The number of furan rings is 1. The Kier molecular flexibility index (Phi) is 3.05. The fraction of sp³-hybridized carbons (Fsp3) is 0.263. The molecule has 0 saturated heterocycles. The van der Waals surface area contributed by atoms with E-state index < -0.39 is 0 Å². The van der Waals surface area contributed by atoms with Crippen molar-refractivity contribution in [1.82, 2.24) is 4.90 Å². The van der Waals surface area contributed by atoms with E-state index in [2.05, 4.69) is 24.1 Å². The number of likely N-dealkylation sites (N-methyl/N-ethyl adjacent to an activating group) is 1. The van der Waals surface area contributed by atoms with Gasteiger partial charge in [0.05, 0.1) is 6.26 Å². The highest BCUT2D eigenvalue weighted by Crippen LogP contribution is 2.36. The third-order valence-corrected chi connectivity index (χ3v) is 4.61. The molecule has 0 bridgehead atoms. The second-order valence-electron chi connectivity index (χ2n) is 6.27. The molecule has 0 aliphatic carbocycles. The van der Waals surface area contributed by atoms with Crippen molar-refractivity contribution in [3.05, 3.63) is 70.7 Å². The van der Waals surface area contributed by atoms with Crippen molar-refractivity contribution in [3.63, 3.8) is 0 Å². The summed E-state index contributed by atoms with van der Waals surface area (Å²) in [6.45, 7) is 3.69. The maximum Gasteiger partial charge on any atom is 0.134 e. The van der Waals surface area contributed by atoms with Crippen LogP contribution in [0.5, 0.6) is 0 Å². The van der Waals surface area contributed by atoms with Gasteiger partial charge in [0, 0.05) is 24.4 Å². The smallest absolute Gasteiger partial charge is 0.134 e. The maximum absolute atomic E-state index is 13.6. The van der Waals surface area contributed by atoms with E-state index in [1.54, 1.807) is 12.3 Å². The highest BCUT2D eigenvalue weighted by atomic mass is 19.1. The van der Waals surface area contributed by atoms with Gasteiger partial charge >= 0.3 is 0 Å². The van der Waals surface area contributed by atoms with Crippen LogP contribution in [0.1, 0.15) is 28.2 Å². The molecule has 1 aromatic heterocycles. The first-order valence-electron chi connectivity index (χ1n) is 7.56. The van der Waals surface area contributed by atoms with Gasteiger partial charge in [-0.1, -0.05) is 12.1 Å². The molecular formula is C19H18FNO. The number of hydrogen-bond donors (Lipinski definition) is 0. The highest BCUT2D eigenvalue weighted by molar-refractivity contribution is 5.79. The Labute approximate surface area is 129 Å². The monoisotopic (exact) mass is 295 g/mol. The first kappa shape index (κ1) is 13.5. The van der Waals surface area contributed by atoms with Gasteiger partial charge in [-0.25, -0.2) is 4.39 Å². The summed E-state index contributed by atoms with van der Waals surface area (Å²) in [7, 11) is 2.12. The molecule has 3 aromatic rings. The standard InChI is InChI=1S/C19H18FNO/c1-12-7-13(3-4-18(12)20)17-11-21(2)10-15-9-19-14(5-6-22-19)8-16(15)17/h3-9,17H,10-11H2,1-2H3. The number of benzene rings is 2. The molecule has 0 fully saturated rings. The van der Waals surface area contributed by atoms with Crippen molar-refractivity contribution in [3.8, 4) is 0 Å². The summed E-state index contributed by atoms with van der Waals surface area (Å²) in [6.07, 6.45) is 1.73. The summed E-state index contributed by atoms with van der Waals surface area (Å²) >= 11 is 0. The summed E-state index contributed by atoms with van der Waals surface area (Å²) in [6, 6.07) is 11.8. The van der Waals surface area contributed by atoms with Gasteiger partial charge in [-0.05, 0) is 60.5 Å². The lowest BCUT2D eigenvalue weighted by Gasteiger charge is -2.32. The zero-order chi connectivity index (χ0) is 15.3. The molecule has 0 amide bonds. The normalized spacial score (nSPS) is 18.6. The molecule has 22 heavy (non-hydrogen) atoms. The van der Waals surface area contributed by atoms with Crippen LogP contribution >= 0.6 is 0 Å². The molecule has 4 rings (SSSR count). The number of hydrogen-bond acceptors (Lipinski definition) is 2. The van der Waals surface area contributed by atoms with Crippen molar-refractivity contribution >= 4 is 11.0 Å². The third kappa shape index (κ3) is 2.13. The third-order valence-electron chi connectivity index (χ3n) is 4.61. The minimum absolute atomic E-state index is 0.140. The van der Waals surface area contributed by atoms with Gasteiger partial charge in [0.25, 0.3) is 0 Å². The van der Waals surface area contributed by atoms with Gasteiger partial charge < -0.3 is 9.32 Å². The van der Waals surface area contributed by atoms with E-state index in [0.717, 1.165) is 24.1 Å². The molecule has 3 heteroatoms. The predicted octanol–water partition coefficient (Wildman–Crippen LogP) is 4.46. The average Bonchev–Trinajstić information content (AvgIpc) is 2.94. The quantitative estimate of drug-likeness (QED) is 0.659. The van der Waals surface area contributed by atoms with Crippen LogP contribution in [-0.4, -0.2) is 18.5 Å². The number of halogens is 1. The minimum atomic E-state index is -0.140. The van der Waals surface area contributed by atoms with Crippen LogP contribution in [0.4, 0.5) is 4.39 Å². The van der Waals surface area contributed by atoms with Crippen LogP contribution in [0.15, 0.2) is 47.1 Å². The van der Waals surface area contributed by atoms with E-state index >= 15 is 0 Å². The number of nitrogens with zero attached hydrogens (tertiary/aromatic N) is 1. The Bertz CT molecular complexity index is 852.